The Morgan fingerprint density at radius 2 is 1.50 bits per heavy atom. The first-order chi connectivity index (χ1) is 12.9. The fourth-order valence-corrected chi connectivity index (χ4v) is 4.49. The van der Waals surface area contributed by atoms with Crippen LogP contribution in [0.2, 0.25) is 0 Å². The predicted molar refractivity (Wildman–Crippen MR) is 106 cm³/mol. The molecule has 0 amide bonds. The molecule has 3 heteroatoms. The molecule has 0 unspecified atom stereocenters. The van der Waals surface area contributed by atoms with Gasteiger partial charge in [-0.1, -0.05) is 42.5 Å². The van der Waals surface area contributed by atoms with Gasteiger partial charge in [0.05, 0.1) is 21.9 Å². The highest BCUT2D eigenvalue weighted by Crippen LogP contribution is 2.41. The van der Waals surface area contributed by atoms with Crippen LogP contribution in [0.15, 0.2) is 77.2 Å². The number of hydrogen-bond acceptors (Lipinski definition) is 2. The minimum Gasteiger partial charge on any atom is -0.456 e. The maximum absolute atomic E-state index is 6.20. The molecule has 0 aliphatic heterocycles. The Bertz CT molecular complexity index is 1630. The summed E-state index contributed by atoms with van der Waals surface area (Å²) in [5, 5.41) is 5.96. The molecule has 0 spiro atoms. The molecule has 0 N–H and O–H groups in total. The van der Waals surface area contributed by atoms with Gasteiger partial charge in [0, 0.05) is 16.2 Å². The highest BCUT2D eigenvalue weighted by atomic mass is 16.3. The third-order valence-corrected chi connectivity index (χ3v) is 5.52. The SMILES string of the molecule is c1ccc2c(c1)nc1c3cccc4ccc5oc6cccc(c6c5c43)n21. The average molecular weight is 332 g/mol. The number of fused-ring (bicyclic) bond motifs is 5. The normalized spacial score (nSPS) is 12.6. The molecule has 0 saturated heterocycles. The minimum absolute atomic E-state index is 0.922. The van der Waals surface area contributed by atoms with Gasteiger partial charge in [0.1, 0.15) is 16.8 Å². The van der Waals surface area contributed by atoms with Crippen molar-refractivity contribution < 1.29 is 4.42 Å². The van der Waals surface area contributed by atoms with Crippen LogP contribution in [0, 0.1) is 0 Å². The van der Waals surface area contributed by atoms with Crippen LogP contribution >= 0.6 is 0 Å². The summed E-state index contributed by atoms with van der Waals surface area (Å²) >= 11 is 0. The van der Waals surface area contributed by atoms with Gasteiger partial charge < -0.3 is 4.42 Å². The Kier molecular flexibility index (Phi) is 2.03. The molecule has 0 atom stereocenters. The highest BCUT2D eigenvalue weighted by Gasteiger charge is 2.19. The first-order valence-corrected chi connectivity index (χ1v) is 8.75. The van der Waals surface area contributed by atoms with Gasteiger partial charge in [-0.25, -0.2) is 4.98 Å². The fourth-order valence-electron chi connectivity index (χ4n) is 4.49. The van der Waals surface area contributed by atoms with E-state index in [2.05, 4.69) is 71.1 Å². The third kappa shape index (κ3) is 1.32. The molecule has 0 aliphatic rings. The van der Waals surface area contributed by atoms with Crippen molar-refractivity contribution in [3.8, 4) is 0 Å². The van der Waals surface area contributed by atoms with Crippen LogP contribution in [0.25, 0.3) is 60.3 Å². The Hall–Kier alpha value is -3.59. The Balaban J connectivity index is 2.05. The summed E-state index contributed by atoms with van der Waals surface area (Å²) in [5.74, 6) is 0. The van der Waals surface area contributed by atoms with Crippen molar-refractivity contribution in [1.82, 2.24) is 9.38 Å². The van der Waals surface area contributed by atoms with Gasteiger partial charge in [-0.2, -0.15) is 0 Å². The number of benzene rings is 4. The molecule has 0 aliphatic carbocycles. The zero-order chi connectivity index (χ0) is 16.8. The van der Waals surface area contributed by atoms with Crippen molar-refractivity contribution in [2.45, 2.75) is 0 Å². The number of nitrogens with zero attached hydrogens (tertiary/aromatic N) is 2. The van der Waals surface area contributed by atoms with Crippen molar-refractivity contribution in [3.63, 3.8) is 0 Å². The van der Waals surface area contributed by atoms with Crippen molar-refractivity contribution in [2.75, 3.05) is 0 Å². The summed E-state index contributed by atoms with van der Waals surface area (Å²) in [7, 11) is 0. The lowest BCUT2D eigenvalue weighted by atomic mass is 10.0. The van der Waals surface area contributed by atoms with E-state index in [0.29, 0.717) is 0 Å². The molecule has 4 aromatic carbocycles. The molecular weight excluding hydrogens is 320 g/mol. The molecule has 0 fully saturated rings. The summed E-state index contributed by atoms with van der Waals surface area (Å²) in [5.41, 5.74) is 6.11. The molecule has 26 heavy (non-hydrogen) atoms. The summed E-state index contributed by atoms with van der Waals surface area (Å²) in [6.45, 7) is 0. The first kappa shape index (κ1) is 12.7. The average Bonchev–Trinajstić information content (AvgIpc) is 3.22. The molecule has 0 saturated carbocycles. The standard InChI is InChI=1S/C23H12N2O/c1-2-8-16-15(7-1)24-23-14-6-3-5-13-11-12-19-22(20(13)14)21-17(25(16)23)9-4-10-18(21)26-19/h1-12H. The molecule has 120 valence electrons. The maximum Gasteiger partial charge on any atom is 0.146 e. The number of aromatic nitrogens is 2. The number of hydrogen-bond donors (Lipinski definition) is 0. The number of para-hydroxylation sites is 2. The monoisotopic (exact) mass is 332 g/mol. The second-order valence-corrected chi connectivity index (χ2v) is 6.85. The van der Waals surface area contributed by atoms with Gasteiger partial charge in [-0.05, 0) is 35.7 Å². The summed E-state index contributed by atoms with van der Waals surface area (Å²) < 4.78 is 8.48. The second-order valence-electron chi connectivity index (χ2n) is 6.85. The smallest absolute Gasteiger partial charge is 0.146 e. The first-order valence-electron chi connectivity index (χ1n) is 8.75. The third-order valence-electron chi connectivity index (χ3n) is 5.52. The van der Waals surface area contributed by atoms with Crippen LogP contribution in [0.5, 0.6) is 0 Å². The Labute approximate surface area is 147 Å². The summed E-state index contributed by atoms with van der Waals surface area (Å²) in [6, 6.07) is 25.3. The molecule has 7 rings (SSSR count). The van der Waals surface area contributed by atoms with E-state index in [1.165, 1.54) is 21.5 Å². The summed E-state index contributed by atoms with van der Waals surface area (Å²) in [4.78, 5) is 5.01. The lowest BCUT2D eigenvalue weighted by Gasteiger charge is -2.00. The van der Waals surface area contributed by atoms with Crippen LogP contribution in [0.3, 0.4) is 0 Å². The van der Waals surface area contributed by atoms with Gasteiger partial charge in [-0.15, -0.1) is 0 Å². The van der Waals surface area contributed by atoms with Crippen LogP contribution in [-0.4, -0.2) is 9.38 Å². The van der Waals surface area contributed by atoms with E-state index in [1.807, 2.05) is 6.07 Å². The topological polar surface area (TPSA) is 30.4 Å². The van der Waals surface area contributed by atoms with Crippen LogP contribution < -0.4 is 0 Å². The van der Waals surface area contributed by atoms with Crippen molar-refractivity contribution >= 4 is 60.3 Å². The van der Waals surface area contributed by atoms with Crippen LogP contribution in [-0.2, 0) is 0 Å². The van der Waals surface area contributed by atoms with E-state index in [4.69, 9.17) is 9.40 Å². The quantitative estimate of drug-likeness (QED) is 0.334. The van der Waals surface area contributed by atoms with E-state index >= 15 is 0 Å². The molecule has 3 aromatic heterocycles. The van der Waals surface area contributed by atoms with Gasteiger partial charge in [0.15, 0.2) is 0 Å². The van der Waals surface area contributed by atoms with E-state index in [-0.39, 0.29) is 0 Å². The van der Waals surface area contributed by atoms with Crippen LogP contribution in [0.4, 0.5) is 0 Å². The molecule has 0 bridgehead atoms. The lowest BCUT2D eigenvalue weighted by molar-refractivity contribution is 0.669. The van der Waals surface area contributed by atoms with Crippen molar-refractivity contribution in [1.29, 1.82) is 0 Å². The van der Waals surface area contributed by atoms with E-state index < -0.39 is 0 Å². The molecular formula is C23H12N2O. The van der Waals surface area contributed by atoms with E-state index in [0.717, 1.165) is 38.7 Å². The maximum atomic E-state index is 6.20. The van der Waals surface area contributed by atoms with E-state index in [1.54, 1.807) is 0 Å². The fraction of sp³-hybridized carbons (Fsp3) is 0. The van der Waals surface area contributed by atoms with Crippen LogP contribution in [0.1, 0.15) is 0 Å². The van der Waals surface area contributed by atoms with Crippen molar-refractivity contribution in [2.24, 2.45) is 0 Å². The molecule has 0 radical (unpaired) electrons. The molecule has 7 aromatic rings. The molecule has 3 heterocycles. The van der Waals surface area contributed by atoms with Gasteiger partial charge >= 0.3 is 0 Å². The Morgan fingerprint density at radius 3 is 2.50 bits per heavy atom. The largest absolute Gasteiger partial charge is 0.456 e. The second kappa shape index (κ2) is 4.14. The zero-order valence-corrected chi connectivity index (χ0v) is 13.7. The highest BCUT2D eigenvalue weighted by molar-refractivity contribution is 6.30. The summed E-state index contributed by atoms with van der Waals surface area (Å²) in [6.07, 6.45) is 0. The number of imidazole rings is 1. The van der Waals surface area contributed by atoms with Gasteiger partial charge in [-0.3, -0.25) is 4.40 Å². The van der Waals surface area contributed by atoms with E-state index in [9.17, 15) is 0 Å². The number of furan rings is 1. The predicted octanol–water partition coefficient (Wildman–Crippen LogP) is 6.13. The van der Waals surface area contributed by atoms with Gasteiger partial charge in [0.2, 0.25) is 0 Å². The Morgan fingerprint density at radius 1 is 0.654 bits per heavy atom. The zero-order valence-electron chi connectivity index (χ0n) is 13.7. The lowest BCUT2D eigenvalue weighted by Crippen LogP contribution is -1.84. The minimum atomic E-state index is 0.922. The van der Waals surface area contributed by atoms with Crippen molar-refractivity contribution in [3.05, 3.63) is 72.8 Å². The number of rotatable bonds is 0. The van der Waals surface area contributed by atoms with Gasteiger partial charge in [0.25, 0.3) is 0 Å². The molecule has 3 nitrogen and oxygen atoms in total.